The summed E-state index contributed by atoms with van der Waals surface area (Å²) in [6, 6.07) is 1.79. The van der Waals surface area contributed by atoms with Gasteiger partial charge in [0.1, 0.15) is 11.8 Å². The molecule has 1 fully saturated rings. The van der Waals surface area contributed by atoms with Gasteiger partial charge in [0.2, 0.25) is 0 Å². The van der Waals surface area contributed by atoms with Crippen molar-refractivity contribution in [2.24, 2.45) is 0 Å². The van der Waals surface area contributed by atoms with Crippen LogP contribution >= 0.6 is 0 Å². The molecule has 20 heavy (non-hydrogen) atoms. The van der Waals surface area contributed by atoms with Crippen molar-refractivity contribution in [1.29, 1.82) is 0 Å². The summed E-state index contributed by atoms with van der Waals surface area (Å²) in [7, 11) is 0. The van der Waals surface area contributed by atoms with Gasteiger partial charge < -0.3 is 14.7 Å². The first kappa shape index (κ1) is 15.0. The number of ether oxygens (including phenoxy) is 1. The SMILES string of the molecule is CCCc1cc(C(=O)N2C[C@@H](O)[C@H](OC(C)C)C2)n[nH]1. The molecular formula is C14H23N3O3. The molecule has 1 amide bonds. The van der Waals surface area contributed by atoms with E-state index < -0.39 is 6.10 Å². The van der Waals surface area contributed by atoms with E-state index in [2.05, 4.69) is 17.1 Å². The van der Waals surface area contributed by atoms with Crippen molar-refractivity contribution in [2.45, 2.75) is 51.9 Å². The molecule has 0 aromatic carbocycles. The molecule has 0 unspecified atom stereocenters. The minimum atomic E-state index is -0.629. The first-order valence-electron chi connectivity index (χ1n) is 7.18. The number of nitrogens with one attached hydrogen (secondary N) is 1. The van der Waals surface area contributed by atoms with Crippen LogP contribution in [-0.2, 0) is 11.2 Å². The minimum absolute atomic E-state index is 0.0336. The molecule has 2 rings (SSSR count). The maximum absolute atomic E-state index is 12.3. The molecule has 1 aromatic rings. The molecule has 0 spiro atoms. The Morgan fingerprint density at radius 3 is 3.00 bits per heavy atom. The largest absolute Gasteiger partial charge is 0.388 e. The molecule has 6 heteroatoms. The molecular weight excluding hydrogens is 258 g/mol. The zero-order valence-corrected chi connectivity index (χ0v) is 12.3. The van der Waals surface area contributed by atoms with E-state index >= 15 is 0 Å². The number of H-pyrrole nitrogens is 1. The van der Waals surface area contributed by atoms with E-state index in [1.54, 1.807) is 11.0 Å². The molecule has 1 saturated heterocycles. The van der Waals surface area contributed by atoms with Gasteiger partial charge in [-0.2, -0.15) is 5.10 Å². The van der Waals surface area contributed by atoms with Crippen LogP contribution < -0.4 is 0 Å². The molecule has 2 atom stereocenters. The van der Waals surface area contributed by atoms with Crippen LogP contribution in [0.2, 0.25) is 0 Å². The van der Waals surface area contributed by atoms with Gasteiger partial charge in [-0.25, -0.2) is 0 Å². The summed E-state index contributed by atoms with van der Waals surface area (Å²) >= 11 is 0. The van der Waals surface area contributed by atoms with E-state index in [4.69, 9.17) is 4.74 Å². The number of carbonyl (C=O) groups excluding carboxylic acids is 1. The van der Waals surface area contributed by atoms with E-state index in [9.17, 15) is 9.90 Å². The lowest BCUT2D eigenvalue weighted by Gasteiger charge is -2.17. The highest BCUT2D eigenvalue weighted by atomic mass is 16.5. The molecule has 1 aliphatic heterocycles. The van der Waals surface area contributed by atoms with Crippen LogP contribution in [0.5, 0.6) is 0 Å². The number of amides is 1. The number of aryl methyl sites for hydroxylation is 1. The number of hydrogen-bond donors (Lipinski definition) is 2. The first-order chi connectivity index (χ1) is 9.51. The summed E-state index contributed by atoms with van der Waals surface area (Å²) in [5, 5.41) is 16.9. The third-order valence-corrected chi connectivity index (χ3v) is 3.34. The zero-order chi connectivity index (χ0) is 14.7. The molecule has 112 valence electrons. The van der Waals surface area contributed by atoms with Gasteiger partial charge in [0.25, 0.3) is 5.91 Å². The summed E-state index contributed by atoms with van der Waals surface area (Å²) < 4.78 is 5.61. The van der Waals surface area contributed by atoms with E-state index in [1.165, 1.54) is 0 Å². The fraction of sp³-hybridized carbons (Fsp3) is 0.714. The van der Waals surface area contributed by atoms with E-state index in [-0.39, 0.29) is 18.1 Å². The Hall–Kier alpha value is -1.40. The maximum atomic E-state index is 12.3. The Balaban J connectivity index is 1.99. The maximum Gasteiger partial charge on any atom is 0.274 e. The number of nitrogens with zero attached hydrogens (tertiary/aromatic N) is 2. The Bertz CT molecular complexity index is 458. The van der Waals surface area contributed by atoms with Crippen molar-refractivity contribution in [3.8, 4) is 0 Å². The van der Waals surface area contributed by atoms with E-state index in [0.717, 1.165) is 18.5 Å². The highest BCUT2D eigenvalue weighted by molar-refractivity contribution is 5.92. The molecule has 1 aromatic heterocycles. The number of aromatic nitrogens is 2. The Labute approximate surface area is 119 Å². The predicted molar refractivity (Wildman–Crippen MR) is 74.5 cm³/mol. The van der Waals surface area contributed by atoms with Crippen LogP contribution in [0.3, 0.4) is 0 Å². The minimum Gasteiger partial charge on any atom is -0.388 e. The van der Waals surface area contributed by atoms with Crippen LogP contribution in [0.15, 0.2) is 6.07 Å². The second-order valence-corrected chi connectivity index (χ2v) is 5.53. The number of β-amino-alcohol motifs (C(OH)–C–C–N with tert-alkyl or cyclic N) is 1. The number of aliphatic hydroxyl groups excluding tert-OH is 1. The lowest BCUT2D eigenvalue weighted by Crippen LogP contribution is -2.31. The zero-order valence-electron chi connectivity index (χ0n) is 12.3. The molecule has 0 bridgehead atoms. The molecule has 0 radical (unpaired) electrons. The summed E-state index contributed by atoms with van der Waals surface area (Å²) in [5.74, 6) is -0.155. The fourth-order valence-corrected chi connectivity index (χ4v) is 2.44. The molecule has 2 heterocycles. The van der Waals surface area contributed by atoms with Gasteiger partial charge >= 0.3 is 0 Å². The second-order valence-electron chi connectivity index (χ2n) is 5.53. The summed E-state index contributed by atoms with van der Waals surface area (Å²) in [6.45, 7) is 6.62. The molecule has 2 N–H and O–H groups in total. The number of likely N-dealkylation sites (tertiary alicyclic amines) is 1. The standard InChI is InChI=1S/C14H23N3O3/c1-4-5-10-6-11(16-15-10)14(19)17-7-12(18)13(8-17)20-9(2)3/h6,9,12-13,18H,4-5,7-8H2,1-3H3,(H,15,16)/t12-,13-/m1/s1. The fourth-order valence-electron chi connectivity index (χ4n) is 2.44. The highest BCUT2D eigenvalue weighted by Gasteiger charge is 2.36. The van der Waals surface area contributed by atoms with Crippen LogP contribution in [0, 0.1) is 0 Å². The van der Waals surface area contributed by atoms with Gasteiger partial charge in [0.15, 0.2) is 0 Å². The van der Waals surface area contributed by atoms with Crippen LogP contribution in [-0.4, -0.2) is 57.5 Å². The smallest absolute Gasteiger partial charge is 0.274 e. The average Bonchev–Trinajstić information content (AvgIpc) is 2.97. The van der Waals surface area contributed by atoms with Crippen molar-refractivity contribution < 1.29 is 14.6 Å². The van der Waals surface area contributed by atoms with Gasteiger partial charge in [-0.05, 0) is 26.3 Å². The van der Waals surface area contributed by atoms with E-state index in [1.807, 2.05) is 13.8 Å². The number of carbonyl (C=O) groups is 1. The predicted octanol–water partition coefficient (Wildman–Crippen LogP) is 0.972. The summed E-state index contributed by atoms with van der Waals surface area (Å²) in [4.78, 5) is 13.9. The number of rotatable bonds is 5. The summed E-state index contributed by atoms with van der Waals surface area (Å²) in [6.07, 6.45) is 0.972. The van der Waals surface area contributed by atoms with Gasteiger partial charge in [0.05, 0.1) is 12.2 Å². The van der Waals surface area contributed by atoms with Crippen LogP contribution in [0.4, 0.5) is 0 Å². The lowest BCUT2D eigenvalue weighted by molar-refractivity contribution is -0.0394. The Kier molecular flexibility index (Phi) is 4.77. The lowest BCUT2D eigenvalue weighted by atomic mass is 10.2. The quantitative estimate of drug-likeness (QED) is 0.843. The Morgan fingerprint density at radius 1 is 1.60 bits per heavy atom. The normalized spacial score (nSPS) is 22.8. The van der Waals surface area contributed by atoms with Crippen LogP contribution in [0.25, 0.3) is 0 Å². The first-order valence-corrected chi connectivity index (χ1v) is 7.18. The second kappa shape index (κ2) is 6.37. The Morgan fingerprint density at radius 2 is 2.35 bits per heavy atom. The van der Waals surface area contributed by atoms with Crippen molar-refractivity contribution in [3.05, 3.63) is 17.5 Å². The molecule has 6 nitrogen and oxygen atoms in total. The number of aromatic amines is 1. The number of aliphatic hydroxyl groups is 1. The highest BCUT2D eigenvalue weighted by Crippen LogP contribution is 2.18. The van der Waals surface area contributed by atoms with Crippen molar-refractivity contribution >= 4 is 5.91 Å². The van der Waals surface area contributed by atoms with Crippen molar-refractivity contribution in [3.63, 3.8) is 0 Å². The van der Waals surface area contributed by atoms with Gasteiger partial charge in [-0.3, -0.25) is 9.89 Å². The van der Waals surface area contributed by atoms with Gasteiger partial charge in [-0.15, -0.1) is 0 Å². The van der Waals surface area contributed by atoms with Gasteiger partial charge in [0, 0.05) is 18.8 Å². The van der Waals surface area contributed by atoms with Crippen LogP contribution in [0.1, 0.15) is 43.4 Å². The monoisotopic (exact) mass is 281 g/mol. The van der Waals surface area contributed by atoms with Crippen molar-refractivity contribution in [2.75, 3.05) is 13.1 Å². The average molecular weight is 281 g/mol. The third kappa shape index (κ3) is 3.37. The summed E-state index contributed by atoms with van der Waals surface area (Å²) in [5.41, 5.74) is 1.37. The van der Waals surface area contributed by atoms with E-state index in [0.29, 0.717) is 18.8 Å². The molecule has 0 aliphatic carbocycles. The topological polar surface area (TPSA) is 78.5 Å². The van der Waals surface area contributed by atoms with Gasteiger partial charge in [-0.1, -0.05) is 13.3 Å². The molecule has 0 saturated carbocycles. The molecule has 1 aliphatic rings. The van der Waals surface area contributed by atoms with Crippen molar-refractivity contribution in [1.82, 2.24) is 15.1 Å². The number of hydrogen-bond acceptors (Lipinski definition) is 4. The third-order valence-electron chi connectivity index (χ3n) is 3.34.